The number of alkyl halides is 1. The quantitative estimate of drug-likeness (QED) is 0.807. The molecule has 0 saturated carbocycles. The smallest absolute Gasteiger partial charge is 0.217 e. The number of anilines is 1. The minimum Gasteiger partial charge on any atom is -0.368 e. The Morgan fingerprint density at radius 1 is 1.14 bits per heavy atom. The maximum Gasteiger partial charge on any atom is 0.217 e. The molecule has 1 saturated heterocycles. The van der Waals surface area contributed by atoms with Crippen LogP contribution in [0.15, 0.2) is 48.5 Å². The summed E-state index contributed by atoms with van der Waals surface area (Å²) in [6, 6.07) is 16.5. The lowest BCUT2D eigenvalue weighted by Crippen LogP contribution is -2.45. The second kappa shape index (κ2) is 8.95. The van der Waals surface area contributed by atoms with Crippen molar-refractivity contribution in [2.45, 2.75) is 44.9 Å². The van der Waals surface area contributed by atoms with Crippen LogP contribution < -0.4 is 10.2 Å². The largest absolute Gasteiger partial charge is 0.368 e. The molecule has 2 aromatic rings. The molecule has 0 aliphatic carbocycles. The predicted octanol–water partition coefficient (Wildman–Crippen LogP) is 3.86. The zero-order chi connectivity index (χ0) is 20.2. The second-order valence-corrected chi connectivity index (χ2v) is 8.23. The highest BCUT2D eigenvalue weighted by Gasteiger charge is 2.30. The normalized spacial score (nSPS) is 18.5. The van der Waals surface area contributed by atoms with Crippen LogP contribution in [0.2, 0.25) is 0 Å². The Hall–Kier alpha value is -2.40. The number of nitrogens with one attached hydrogen (secondary N) is 1. The number of benzene rings is 2. The molecule has 0 radical (unpaired) electrons. The molecule has 0 bridgehead atoms. The average molecular weight is 396 g/mol. The first-order valence-corrected chi connectivity index (χ1v) is 10.6. The van der Waals surface area contributed by atoms with E-state index >= 15 is 0 Å². The van der Waals surface area contributed by atoms with Crippen molar-refractivity contribution in [1.29, 1.82) is 0 Å². The lowest BCUT2D eigenvalue weighted by molar-refractivity contribution is -0.119. The second-order valence-electron chi connectivity index (χ2n) is 8.23. The number of carbonyl (C=O) groups is 1. The van der Waals surface area contributed by atoms with E-state index < -0.39 is 6.17 Å². The summed E-state index contributed by atoms with van der Waals surface area (Å²) in [6.07, 6.45) is 2.29. The van der Waals surface area contributed by atoms with Gasteiger partial charge in [0.2, 0.25) is 5.91 Å². The van der Waals surface area contributed by atoms with E-state index in [1.54, 1.807) is 6.92 Å². The van der Waals surface area contributed by atoms with E-state index in [1.807, 2.05) is 30.3 Å². The number of likely N-dealkylation sites (tertiary alicyclic amines) is 1. The van der Waals surface area contributed by atoms with Crippen molar-refractivity contribution in [3.8, 4) is 0 Å². The molecule has 29 heavy (non-hydrogen) atoms. The van der Waals surface area contributed by atoms with Crippen molar-refractivity contribution in [3.05, 3.63) is 65.2 Å². The van der Waals surface area contributed by atoms with Gasteiger partial charge < -0.3 is 10.2 Å². The summed E-state index contributed by atoms with van der Waals surface area (Å²) in [6.45, 7) is 5.54. The molecule has 1 N–H and O–H groups in total. The molecule has 0 aromatic heterocycles. The summed E-state index contributed by atoms with van der Waals surface area (Å²) < 4.78 is 14.6. The van der Waals surface area contributed by atoms with Gasteiger partial charge in [0, 0.05) is 51.4 Å². The molecule has 4 rings (SSSR count). The molecule has 154 valence electrons. The third-order valence-corrected chi connectivity index (χ3v) is 6.20. The van der Waals surface area contributed by atoms with Crippen molar-refractivity contribution in [2.24, 2.45) is 0 Å². The fourth-order valence-corrected chi connectivity index (χ4v) is 4.57. The Balaban J connectivity index is 1.34. The van der Waals surface area contributed by atoms with Gasteiger partial charge in [-0.05, 0) is 42.0 Å². The van der Waals surface area contributed by atoms with E-state index in [1.165, 1.54) is 11.3 Å². The van der Waals surface area contributed by atoms with E-state index in [4.69, 9.17) is 0 Å². The topological polar surface area (TPSA) is 35.6 Å². The van der Waals surface area contributed by atoms with Crippen LogP contribution in [0.1, 0.15) is 42.6 Å². The van der Waals surface area contributed by atoms with Gasteiger partial charge in [-0.25, -0.2) is 4.39 Å². The van der Waals surface area contributed by atoms with Crippen LogP contribution in [0, 0.1) is 0 Å². The summed E-state index contributed by atoms with van der Waals surface area (Å²) in [4.78, 5) is 16.0. The fourth-order valence-electron chi connectivity index (χ4n) is 4.57. The number of nitrogens with zero attached hydrogens (tertiary/aromatic N) is 2. The SMILES string of the molecule is CC(=O)NCc1ccc2c(c1)N(C1CCN(CC(F)c3ccccc3)CC1)CC2. The molecule has 1 fully saturated rings. The maximum absolute atomic E-state index is 14.6. The Kier molecular flexibility index (Phi) is 6.14. The van der Waals surface area contributed by atoms with E-state index in [0.29, 0.717) is 19.1 Å². The van der Waals surface area contributed by atoms with Gasteiger partial charge >= 0.3 is 0 Å². The number of amides is 1. The summed E-state index contributed by atoms with van der Waals surface area (Å²) in [7, 11) is 0. The van der Waals surface area contributed by atoms with E-state index in [2.05, 4.69) is 33.3 Å². The third kappa shape index (κ3) is 4.78. The Labute approximate surface area is 172 Å². The number of hydrogen-bond donors (Lipinski definition) is 1. The monoisotopic (exact) mass is 395 g/mol. The van der Waals surface area contributed by atoms with E-state index in [9.17, 15) is 9.18 Å². The number of hydrogen-bond acceptors (Lipinski definition) is 3. The molecular formula is C24H30FN3O. The van der Waals surface area contributed by atoms with Gasteiger partial charge in [0.25, 0.3) is 0 Å². The van der Waals surface area contributed by atoms with Crippen molar-refractivity contribution in [1.82, 2.24) is 10.2 Å². The minimum absolute atomic E-state index is 0.00334. The van der Waals surface area contributed by atoms with Crippen molar-refractivity contribution in [3.63, 3.8) is 0 Å². The minimum atomic E-state index is -0.920. The lowest BCUT2D eigenvalue weighted by Gasteiger charge is -2.38. The van der Waals surface area contributed by atoms with Crippen LogP contribution in [0.4, 0.5) is 10.1 Å². The first-order chi connectivity index (χ1) is 14.1. The molecule has 4 nitrogen and oxygen atoms in total. The van der Waals surface area contributed by atoms with E-state index in [0.717, 1.165) is 50.0 Å². The van der Waals surface area contributed by atoms with Gasteiger partial charge in [-0.15, -0.1) is 0 Å². The van der Waals surface area contributed by atoms with Crippen LogP contribution in [0.3, 0.4) is 0 Å². The Morgan fingerprint density at radius 3 is 2.62 bits per heavy atom. The van der Waals surface area contributed by atoms with E-state index in [-0.39, 0.29) is 5.91 Å². The third-order valence-electron chi connectivity index (χ3n) is 6.20. The molecule has 1 unspecified atom stereocenters. The van der Waals surface area contributed by atoms with Crippen LogP contribution in [0.5, 0.6) is 0 Å². The highest BCUT2D eigenvalue weighted by Crippen LogP contribution is 2.34. The van der Waals surface area contributed by atoms with Crippen LogP contribution >= 0.6 is 0 Å². The fraction of sp³-hybridized carbons (Fsp3) is 0.458. The summed E-state index contributed by atoms with van der Waals surface area (Å²) in [5.41, 5.74) is 4.63. The van der Waals surface area contributed by atoms with Gasteiger partial charge in [0.1, 0.15) is 6.17 Å². The summed E-state index contributed by atoms with van der Waals surface area (Å²) >= 11 is 0. The Morgan fingerprint density at radius 2 is 1.90 bits per heavy atom. The number of fused-ring (bicyclic) bond motifs is 1. The Bertz CT molecular complexity index is 833. The number of piperidine rings is 1. The van der Waals surface area contributed by atoms with Crippen LogP contribution in [-0.4, -0.2) is 43.0 Å². The zero-order valence-corrected chi connectivity index (χ0v) is 17.1. The molecule has 2 aliphatic heterocycles. The molecule has 5 heteroatoms. The molecular weight excluding hydrogens is 365 g/mol. The van der Waals surface area contributed by atoms with Gasteiger partial charge in [-0.3, -0.25) is 9.69 Å². The van der Waals surface area contributed by atoms with Gasteiger partial charge in [-0.1, -0.05) is 42.5 Å². The predicted molar refractivity (Wildman–Crippen MR) is 115 cm³/mol. The average Bonchev–Trinajstić information content (AvgIpc) is 3.16. The highest BCUT2D eigenvalue weighted by atomic mass is 19.1. The highest BCUT2D eigenvalue weighted by molar-refractivity contribution is 5.73. The van der Waals surface area contributed by atoms with Gasteiger partial charge in [0.15, 0.2) is 0 Å². The van der Waals surface area contributed by atoms with Crippen molar-refractivity contribution >= 4 is 11.6 Å². The van der Waals surface area contributed by atoms with Gasteiger partial charge in [0.05, 0.1) is 0 Å². The number of halogens is 1. The first kappa shape index (κ1) is 19.9. The zero-order valence-electron chi connectivity index (χ0n) is 17.1. The summed E-state index contributed by atoms with van der Waals surface area (Å²) in [5.74, 6) is -0.00334. The lowest BCUT2D eigenvalue weighted by atomic mass is 10.0. The standard InChI is InChI=1S/C24H30FN3O/c1-18(29)26-16-19-7-8-21-9-14-28(24(21)15-19)22-10-12-27(13-11-22)17-23(25)20-5-3-2-4-6-20/h2-8,15,22-23H,9-14,16-17H2,1H3,(H,26,29). The van der Waals surface area contributed by atoms with Crippen LogP contribution in [-0.2, 0) is 17.8 Å². The van der Waals surface area contributed by atoms with Crippen molar-refractivity contribution < 1.29 is 9.18 Å². The van der Waals surface area contributed by atoms with Gasteiger partial charge in [-0.2, -0.15) is 0 Å². The van der Waals surface area contributed by atoms with Crippen LogP contribution in [0.25, 0.3) is 0 Å². The molecule has 1 amide bonds. The molecule has 2 aromatic carbocycles. The molecule has 0 spiro atoms. The first-order valence-electron chi connectivity index (χ1n) is 10.6. The number of rotatable bonds is 6. The maximum atomic E-state index is 14.6. The number of carbonyl (C=O) groups excluding carboxylic acids is 1. The summed E-state index contributed by atoms with van der Waals surface area (Å²) in [5, 5.41) is 2.89. The molecule has 2 heterocycles. The van der Waals surface area contributed by atoms with Crippen molar-refractivity contribution in [2.75, 3.05) is 31.1 Å². The molecule has 1 atom stereocenters. The molecule has 2 aliphatic rings.